The molecule has 0 aliphatic carbocycles. The highest BCUT2D eigenvalue weighted by Gasteiger charge is 2.08. The van der Waals surface area contributed by atoms with Gasteiger partial charge in [-0.2, -0.15) is 0 Å². The van der Waals surface area contributed by atoms with Crippen LogP contribution in [0, 0.1) is 6.92 Å². The van der Waals surface area contributed by atoms with Crippen LogP contribution >= 0.6 is 0 Å². The van der Waals surface area contributed by atoms with Gasteiger partial charge in [0.1, 0.15) is 5.75 Å². The predicted molar refractivity (Wildman–Crippen MR) is 50.5 cm³/mol. The van der Waals surface area contributed by atoms with Crippen molar-refractivity contribution >= 4 is 0 Å². The van der Waals surface area contributed by atoms with E-state index in [4.69, 9.17) is 5.11 Å². The van der Waals surface area contributed by atoms with Crippen molar-refractivity contribution in [1.82, 2.24) is 4.98 Å². The van der Waals surface area contributed by atoms with Crippen molar-refractivity contribution in [3.63, 3.8) is 0 Å². The van der Waals surface area contributed by atoms with Crippen molar-refractivity contribution in [2.24, 2.45) is 0 Å². The van der Waals surface area contributed by atoms with Crippen molar-refractivity contribution in [2.45, 2.75) is 20.0 Å². The minimum atomic E-state index is -0.107. The Bertz CT molecular complexity index is 321. The molecular formula is C10H13NO2. The number of nitrogens with zero attached hydrogens (tertiary/aromatic N) is 1. The zero-order valence-electron chi connectivity index (χ0n) is 7.62. The van der Waals surface area contributed by atoms with Gasteiger partial charge < -0.3 is 10.2 Å². The van der Waals surface area contributed by atoms with Crippen LogP contribution in [0.15, 0.2) is 18.9 Å². The number of aromatic nitrogens is 1. The molecule has 1 rings (SSSR count). The first-order valence-electron chi connectivity index (χ1n) is 4.08. The molecule has 70 valence electrons. The highest BCUT2D eigenvalue weighted by molar-refractivity contribution is 5.41. The van der Waals surface area contributed by atoms with Crippen LogP contribution in [0.5, 0.6) is 5.75 Å². The van der Waals surface area contributed by atoms with Crippen molar-refractivity contribution in [2.75, 3.05) is 0 Å². The maximum absolute atomic E-state index is 9.62. The topological polar surface area (TPSA) is 53.4 Å². The van der Waals surface area contributed by atoms with Gasteiger partial charge in [-0.3, -0.25) is 4.98 Å². The van der Waals surface area contributed by atoms with Crippen molar-refractivity contribution in [1.29, 1.82) is 0 Å². The van der Waals surface area contributed by atoms with Crippen molar-refractivity contribution in [3.05, 3.63) is 35.7 Å². The molecule has 3 nitrogen and oxygen atoms in total. The summed E-state index contributed by atoms with van der Waals surface area (Å²) in [4.78, 5) is 3.95. The maximum atomic E-state index is 9.62. The molecule has 0 amide bonds. The molecule has 0 aliphatic heterocycles. The summed E-state index contributed by atoms with van der Waals surface area (Å²) >= 11 is 0. The summed E-state index contributed by atoms with van der Waals surface area (Å²) < 4.78 is 0. The third-order valence-corrected chi connectivity index (χ3v) is 1.95. The first-order chi connectivity index (χ1) is 6.20. The number of aromatic hydroxyl groups is 1. The van der Waals surface area contributed by atoms with Crippen molar-refractivity contribution in [3.8, 4) is 5.75 Å². The summed E-state index contributed by atoms with van der Waals surface area (Å²) in [6.07, 6.45) is 3.81. The highest BCUT2D eigenvalue weighted by atomic mass is 16.3. The van der Waals surface area contributed by atoms with E-state index in [0.29, 0.717) is 23.2 Å². The number of hydrogen-bond donors (Lipinski definition) is 2. The molecule has 1 aromatic rings. The lowest BCUT2D eigenvalue weighted by Gasteiger charge is -2.08. The quantitative estimate of drug-likeness (QED) is 0.688. The molecule has 0 saturated carbocycles. The van der Waals surface area contributed by atoms with Gasteiger partial charge in [-0.1, -0.05) is 6.08 Å². The van der Waals surface area contributed by atoms with Crippen LogP contribution in [0.2, 0.25) is 0 Å². The van der Waals surface area contributed by atoms with E-state index >= 15 is 0 Å². The second-order valence-electron chi connectivity index (χ2n) is 2.85. The second kappa shape index (κ2) is 4.05. The van der Waals surface area contributed by atoms with E-state index in [2.05, 4.69) is 11.6 Å². The van der Waals surface area contributed by atoms with E-state index in [1.807, 2.05) is 0 Å². The molecule has 0 spiro atoms. The first kappa shape index (κ1) is 9.74. The minimum absolute atomic E-state index is 0.107. The maximum Gasteiger partial charge on any atom is 0.140 e. The standard InChI is InChI=1S/C10H13NO2/c1-3-4-9-8(6-12)5-11-7(2)10(9)13/h3,5,12-13H,1,4,6H2,2H3. The Balaban J connectivity index is 3.23. The number of aliphatic hydroxyl groups is 1. The summed E-state index contributed by atoms with van der Waals surface area (Å²) in [7, 11) is 0. The number of allylic oxidation sites excluding steroid dienone is 1. The molecule has 0 aliphatic rings. The fourth-order valence-corrected chi connectivity index (χ4v) is 1.19. The molecule has 1 heterocycles. The molecule has 0 atom stereocenters. The van der Waals surface area contributed by atoms with Gasteiger partial charge in [0.25, 0.3) is 0 Å². The lowest BCUT2D eigenvalue weighted by molar-refractivity contribution is 0.279. The highest BCUT2D eigenvalue weighted by Crippen LogP contribution is 2.24. The zero-order chi connectivity index (χ0) is 9.84. The average molecular weight is 179 g/mol. The van der Waals surface area contributed by atoms with E-state index in [1.165, 1.54) is 0 Å². The zero-order valence-corrected chi connectivity index (χ0v) is 7.62. The normalized spacial score (nSPS) is 10.0. The fourth-order valence-electron chi connectivity index (χ4n) is 1.19. The fraction of sp³-hybridized carbons (Fsp3) is 0.300. The molecule has 2 N–H and O–H groups in total. The largest absolute Gasteiger partial charge is 0.506 e. The van der Waals surface area contributed by atoms with Gasteiger partial charge in [0.05, 0.1) is 12.3 Å². The van der Waals surface area contributed by atoms with Crippen LogP contribution in [-0.4, -0.2) is 15.2 Å². The van der Waals surface area contributed by atoms with Crippen molar-refractivity contribution < 1.29 is 10.2 Å². The lowest BCUT2D eigenvalue weighted by atomic mass is 10.1. The molecule has 3 heteroatoms. The van der Waals surface area contributed by atoms with Gasteiger partial charge in [0.2, 0.25) is 0 Å². The van der Waals surface area contributed by atoms with E-state index in [-0.39, 0.29) is 12.4 Å². The van der Waals surface area contributed by atoms with Gasteiger partial charge in [-0.05, 0) is 13.3 Å². The molecule has 0 radical (unpaired) electrons. The van der Waals surface area contributed by atoms with Crippen LogP contribution in [0.3, 0.4) is 0 Å². The summed E-state index contributed by atoms with van der Waals surface area (Å²) in [5.41, 5.74) is 1.95. The van der Waals surface area contributed by atoms with Gasteiger partial charge in [0, 0.05) is 17.3 Å². The van der Waals surface area contributed by atoms with E-state index in [9.17, 15) is 5.11 Å². The average Bonchev–Trinajstić information content (AvgIpc) is 2.14. The summed E-state index contributed by atoms with van der Waals surface area (Å²) in [6.45, 7) is 5.21. The predicted octanol–water partition coefficient (Wildman–Crippen LogP) is 1.32. The Morgan fingerprint density at radius 2 is 2.31 bits per heavy atom. The second-order valence-corrected chi connectivity index (χ2v) is 2.85. The number of aryl methyl sites for hydroxylation is 1. The molecule has 0 fully saturated rings. The number of aliphatic hydroxyl groups excluding tert-OH is 1. The Labute approximate surface area is 77.4 Å². The number of pyridine rings is 1. The van der Waals surface area contributed by atoms with Gasteiger partial charge in [-0.25, -0.2) is 0 Å². The molecule has 0 aromatic carbocycles. The van der Waals surface area contributed by atoms with Crippen LogP contribution in [-0.2, 0) is 13.0 Å². The monoisotopic (exact) mass is 179 g/mol. The smallest absolute Gasteiger partial charge is 0.140 e. The third-order valence-electron chi connectivity index (χ3n) is 1.95. The molecule has 0 bridgehead atoms. The van der Waals surface area contributed by atoms with Gasteiger partial charge in [-0.15, -0.1) is 6.58 Å². The van der Waals surface area contributed by atoms with Gasteiger partial charge >= 0.3 is 0 Å². The van der Waals surface area contributed by atoms with E-state index in [0.717, 1.165) is 0 Å². The first-order valence-corrected chi connectivity index (χ1v) is 4.08. The van der Waals surface area contributed by atoms with Crippen LogP contribution < -0.4 is 0 Å². The van der Waals surface area contributed by atoms with Gasteiger partial charge in [0.15, 0.2) is 0 Å². The third kappa shape index (κ3) is 1.87. The number of rotatable bonds is 3. The summed E-state index contributed by atoms with van der Waals surface area (Å²) in [6, 6.07) is 0. The molecular weight excluding hydrogens is 166 g/mol. The lowest BCUT2D eigenvalue weighted by Crippen LogP contribution is -1.97. The van der Waals surface area contributed by atoms with E-state index < -0.39 is 0 Å². The van der Waals surface area contributed by atoms with Crippen LogP contribution in [0.4, 0.5) is 0 Å². The summed E-state index contributed by atoms with van der Waals surface area (Å²) in [5.74, 6) is 0.159. The Kier molecular flexibility index (Phi) is 3.03. The number of hydrogen-bond acceptors (Lipinski definition) is 3. The Hall–Kier alpha value is -1.35. The minimum Gasteiger partial charge on any atom is -0.506 e. The SMILES string of the molecule is C=CCc1c(CO)cnc(C)c1O. The molecule has 0 saturated heterocycles. The van der Waals surface area contributed by atoms with Crippen LogP contribution in [0.25, 0.3) is 0 Å². The Morgan fingerprint density at radius 1 is 1.62 bits per heavy atom. The van der Waals surface area contributed by atoms with E-state index in [1.54, 1.807) is 19.2 Å². The molecule has 13 heavy (non-hydrogen) atoms. The molecule has 1 aromatic heterocycles. The molecule has 0 unspecified atom stereocenters. The van der Waals surface area contributed by atoms with Crippen LogP contribution in [0.1, 0.15) is 16.8 Å². The summed E-state index contributed by atoms with van der Waals surface area (Å²) in [5, 5.41) is 18.6. The Morgan fingerprint density at radius 3 is 2.85 bits per heavy atom.